The first-order chi connectivity index (χ1) is 14.1. The molecule has 0 spiro atoms. The molecule has 2 aliphatic rings. The Morgan fingerprint density at radius 2 is 2.10 bits per heavy atom. The number of hydrogen-bond donors (Lipinski definition) is 4. The number of aliphatic hydroxyl groups excluding tert-OH is 1. The van der Waals surface area contributed by atoms with E-state index in [1.165, 1.54) is 0 Å². The normalized spacial score (nSPS) is 21.4. The molecule has 29 heavy (non-hydrogen) atoms. The third kappa shape index (κ3) is 3.68. The number of amides is 1. The number of hydrogen-bond acceptors (Lipinski definition) is 5. The van der Waals surface area contributed by atoms with Crippen LogP contribution in [0.25, 0.3) is 22.3 Å². The molecule has 0 aliphatic heterocycles. The number of halogens is 1. The third-order valence-corrected chi connectivity index (χ3v) is 5.89. The van der Waals surface area contributed by atoms with E-state index in [2.05, 4.69) is 25.6 Å². The van der Waals surface area contributed by atoms with Crippen LogP contribution >= 0.6 is 11.6 Å². The summed E-state index contributed by atoms with van der Waals surface area (Å²) in [6, 6.07) is 7.76. The van der Waals surface area contributed by atoms with Crippen LogP contribution in [0.1, 0.15) is 42.5 Å². The van der Waals surface area contributed by atoms with Gasteiger partial charge in [-0.15, -0.1) is 0 Å². The van der Waals surface area contributed by atoms with Gasteiger partial charge in [0.2, 0.25) is 5.95 Å². The summed E-state index contributed by atoms with van der Waals surface area (Å²) in [4.78, 5) is 24.7. The first-order valence-electron chi connectivity index (χ1n) is 9.98. The van der Waals surface area contributed by atoms with Crippen molar-refractivity contribution in [2.45, 2.75) is 50.3 Å². The number of anilines is 1. The number of aliphatic hydroxyl groups is 1. The van der Waals surface area contributed by atoms with E-state index in [0.29, 0.717) is 34.0 Å². The highest BCUT2D eigenvalue weighted by Crippen LogP contribution is 2.31. The predicted molar refractivity (Wildman–Crippen MR) is 112 cm³/mol. The van der Waals surface area contributed by atoms with Gasteiger partial charge in [-0.05, 0) is 50.3 Å². The van der Waals surface area contributed by atoms with Gasteiger partial charge in [-0.1, -0.05) is 17.7 Å². The highest BCUT2D eigenvalue weighted by atomic mass is 35.5. The summed E-state index contributed by atoms with van der Waals surface area (Å²) in [5, 5.41) is 17.5. The molecule has 0 bridgehead atoms. The van der Waals surface area contributed by atoms with Crippen molar-refractivity contribution in [3.8, 4) is 11.4 Å². The maximum atomic E-state index is 12.6. The van der Waals surface area contributed by atoms with Gasteiger partial charge in [-0.2, -0.15) is 0 Å². The fourth-order valence-electron chi connectivity index (χ4n) is 3.87. The number of rotatable bonds is 5. The number of aromatic nitrogens is 3. The van der Waals surface area contributed by atoms with Gasteiger partial charge in [0.15, 0.2) is 0 Å². The third-order valence-electron chi connectivity index (χ3n) is 5.61. The van der Waals surface area contributed by atoms with Gasteiger partial charge in [-0.25, -0.2) is 9.97 Å². The number of carbonyl (C=O) groups excluding carboxylic acids is 1. The first-order valence-corrected chi connectivity index (χ1v) is 10.4. The Morgan fingerprint density at radius 3 is 2.86 bits per heavy atom. The molecule has 8 heteroatoms. The van der Waals surface area contributed by atoms with Gasteiger partial charge in [0.1, 0.15) is 5.69 Å². The van der Waals surface area contributed by atoms with E-state index in [1.54, 1.807) is 6.20 Å². The molecular formula is C21H22ClN5O2. The SMILES string of the molecule is O=C(NC1CC1)c1cccc2[nH]c(-c3nc(NC4CCC[C@@H]4O)ncc3Cl)cc12. The Labute approximate surface area is 172 Å². The summed E-state index contributed by atoms with van der Waals surface area (Å²) < 4.78 is 0. The standard InChI is InChI=1S/C21H22ClN5O2/c22-14-10-23-21(26-16-5-2-6-18(16)28)27-19(14)17-9-13-12(3-1-4-15(13)25-17)20(29)24-11-7-8-11/h1,3-4,9-11,16,18,25,28H,2,5-8H2,(H,24,29)(H,23,26,27)/t16?,18-/m0/s1. The maximum absolute atomic E-state index is 12.6. The zero-order chi connectivity index (χ0) is 20.0. The van der Waals surface area contributed by atoms with E-state index in [9.17, 15) is 9.90 Å². The average Bonchev–Trinajstić information content (AvgIpc) is 3.27. The van der Waals surface area contributed by atoms with E-state index < -0.39 is 6.10 Å². The maximum Gasteiger partial charge on any atom is 0.252 e. The number of aromatic amines is 1. The number of nitrogens with one attached hydrogen (secondary N) is 3. The predicted octanol–water partition coefficient (Wildman–Crippen LogP) is 3.50. The van der Waals surface area contributed by atoms with Crippen LogP contribution in [-0.4, -0.2) is 44.2 Å². The number of benzene rings is 1. The molecule has 1 amide bonds. The van der Waals surface area contributed by atoms with Crippen molar-refractivity contribution in [2.24, 2.45) is 0 Å². The number of carbonyl (C=O) groups is 1. The van der Waals surface area contributed by atoms with E-state index in [4.69, 9.17) is 11.6 Å². The van der Waals surface area contributed by atoms with Crippen LogP contribution in [0.15, 0.2) is 30.5 Å². The van der Waals surface area contributed by atoms with Crippen LogP contribution in [0.2, 0.25) is 5.02 Å². The van der Waals surface area contributed by atoms with Crippen molar-refractivity contribution in [3.63, 3.8) is 0 Å². The summed E-state index contributed by atoms with van der Waals surface area (Å²) >= 11 is 6.38. The Bertz CT molecular complexity index is 1080. The lowest BCUT2D eigenvalue weighted by Crippen LogP contribution is -2.28. The smallest absolute Gasteiger partial charge is 0.252 e. The lowest BCUT2D eigenvalue weighted by Gasteiger charge is -2.16. The second-order valence-electron chi connectivity index (χ2n) is 7.84. The Hall–Kier alpha value is -2.64. The van der Waals surface area contributed by atoms with Gasteiger partial charge < -0.3 is 20.7 Å². The van der Waals surface area contributed by atoms with E-state index in [0.717, 1.165) is 43.0 Å². The van der Waals surface area contributed by atoms with Crippen LogP contribution < -0.4 is 10.6 Å². The quantitative estimate of drug-likeness (QED) is 0.514. The summed E-state index contributed by atoms with van der Waals surface area (Å²) in [6.45, 7) is 0. The fraction of sp³-hybridized carbons (Fsp3) is 0.381. The van der Waals surface area contributed by atoms with Crippen LogP contribution in [0.3, 0.4) is 0 Å². The molecule has 2 saturated carbocycles. The molecule has 2 fully saturated rings. The summed E-state index contributed by atoms with van der Waals surface area (Å²) in [6.07, 6.45) is 5.90. The molecular weight excluding hydrogens is 390 g/mol. The van der Waals surface area contributed by atoms with E-state index >= 15 is 0 Å². The van der Waals surface area contributed by atoms with E-state index in [1.807, 2.05) is 24.3 Å². The fourth-order valence-corrected chi connectivity index (χ4v) is 4.06. The largest absolute Gasteiger partial charge is 0.391 e. The van der Waals surface area contributed by atoms with Gasteiger partial charge in [0, 0.05) is 22.5 Å². The molecule has 3 aromatic rings. The molecule has 5 rings (SSSR count). The lowest BCUT2D eigenvalue weighted by molar-refractivity contribution is 0.0952. The first kappa shape index (κ1) is 18.4. The average molecular weight is 412 g/mol. The molecule has 2 atom stereocenters. The van der Waals surface area contributed by atoms with Crippen LogP contribution in [0.4, 0.5) is 5.95 Å². The molecule has 1 aromatic carbocycles. The van der Waals surface area contributed by atoms with Crippen molar-refractivity contribution in [2.75, 3.05) is 5.32 Å². The van der Waals surface area contributed by atoms with Gasteiger partial charge in [0.05, 0.1) is 29.1 Å². The molecule has 150 valence electrons. The second-order valence-corrected chi connectivity index (χ2v) is 8.24. The zero-order valence-corrected chi connectivity index (χ0v) is 16.5. The summed E-state index contributed by atoms with van der Waals surface area (Å²) in [5.74, 6) is 0.371. The Kier molecular flexibility index (Phi) is 4.64. The van der Waals surface area contributed by atoms with Gasteiger partial charge in [-0.3, -0.25) is 4.79 Å². The number of H-pyrrole nitrogens is 1. The van der Waals surface area contributed by atoms with Crippen molar-refractivity contribution in [1.82, 2.24) is 20.3 Å². The molecule has 2 heterocycles. The minimum absolute atomic E-state index is 0.0514. The van der Waals surface area contributed by atoms with Gasteiger partial charge in [0.25, 0.3) is 5.91 Å². The Balaban J connectivity index is 1.48. The number of nitrogens with zero attached hydrogens (tertiary/aromatic N) is 2. The molecule has 2 aromatic heterocycles. The highest BCUT2D eigenvalue weighted by molar-refractivity contribution is 6.33. The minimum Gasteiger partial charge on any atom is -0.391 e. The minimum atomic E-state index is -0.390. The zero-order valence-electron chi connectivity index (χ0n) is 15.8. The summed E-state index contributed by atoms with van der Waals surface area (Å²) in [5.41, 5.74) is 2.75. The van der Waals surface area contributed by atoms with Gasteiger partial charge >= 0.3 is 0 Å². The molecule has 4 N–H and O–H groups in total. The number of fused-ring (bicyclic) bond motifs is 1. The van der Waals surface area contributed by atoms with E-state index in [-0.39, 0.29) is 11.9 Å². The topological polar surface area (TPSA) is 103 Å². The second kappa shape index (κ2) is 7.31. The molecule has 2 aliphatic carbocycles. The molecule has 1 unspecified atom stereocenters. The highest BCUT2D eigenvalue weighted by Gasteiger charge is 2.27. The van der Waals surface area contributed by atoms with Crippen molar-refractivity contribution < 1.29 is 9.90 Å². The molecule has 0 radical (unpaired) electrons. The van der Waals surface area contributed by atoms with Crippen LogP contribution in [0, 0.1) is 0 Å². The van der Waals surface area contributed by atoms with Crippen molar-refractivity contribution in [3.05, 3.63) is 41.0 Å². The van der Waals surface area contributed by atoms with Crippen LogP contribution in [-0.2, 0) is 0 Å². The lowest BCUT2D eigenvalue weighted by atomic mass is 10.1. The summed E-state index contributed by atoms with van der Waals surface area (Å²) in [7, 11) is 0. The Morgan fingerprint density at radius 1 is 1.24 bits per heavy atom. The molecule has 0 saturated heterocycles. The molecule has 7 nitrogen and oxygen atoms in total. The van der Waals surface area contributed by atoms with Crippen LogP contribution in [0.5, 0.6) is 0 Å². The monoisotopic (exact) mass is 411 g/mol. The van der Waals surface area contributed by atoms with Crippen molar-refractivity contribution >= 4 is 34.4 Å². The van der Waals surface area contributed by atoms with Crippen molar-refractivity contribution in [1.29, 1.82) is 0 Å².